The van der Waals surface area contributed by atoms with Crippen molar-refractivity contribution in [2.24, 2.45) is 11.8 Å². The van der Waals surface area contributed by atoms with E-state index in [4.69, 9.17) is 0 Å². The quantitative estimate of drug-likeness (QED) is 0.818. The zero-order chi connectivity index (χ0) is 13.1. The molecule has 2 rings (SSSR count). The Balaban J connectivity index is 2.06. The highest BCUT2D eigenvalue weighted by molar-refractivity contribution is 5.41. The van der Waals surface area contributed by atoms with Gasteiger partial charge in [-0.15, -0.1) is 0 Å². The molecule has 1 saturated heterocycles. The molecule has 100 valence electrons. The fourth-order valence-electron chi connectivity index (χ4n) is 2.86. The van der Waals surface area contributed by atoms with Crippen molar-refractivity contribution in [1.82, 2.24) is 9.97 Å². The van der Waals surface area contributed by atoms with Gasteiger partial charge in [0.1, 0.15) is 11.6 Å². The molecule has 0 amide bonds. The Labute approximate surface area is 111 Å². The van der Waals surface area contributed by atoms with Crippen LogP contribution in [-0.4, -0.2) is 23.1 Å². The van der Waals surface area contributed by atoms with Crippen molar-refractivity contribution >= 4 is 5.82 Å². The predicted molar refractivity (Wildman–Crippen MR) is 75.9 cm³/mol. The van der Waals surface area contributed by atoms with Crippen LogP contribution < -0.4 is 4.90 Å². The van der Waals surface area contributed by atoms with Gasteiger partial charge in [0.05, 0.1) is 0 Å². The molecule has 18 heavy (non-hydrogen) atoms. The lowest BCUT2D eigenvalue weighted by atomic mass is 9.97. The molecule has 1 aliphatic rings. The van der Waals surface area contributed by atoms with Crippen LogP contribution in [-0.2, 0) is 6.42 Å². The van der Waals surface area contributed by atoms with Crippen LogP contribution in [0.4, 0.5) is 5.82 Å². The maximum atomic E-state index is 4.59. The third kappa shape index (κ3) is 3.21. The van der Waals surface area contributed by atoms with Gasteiger partial charge in [0.25, 0.3) is 0 Å². The molecule has 0 aliphatic carbocycles. The summed E-state index contributed by atoms with van der Waals surface area (Å²) in [7, 11) is 0. The minimum absolute atomic E-state index is 0.799. The number of hydrogen-bond acceptors (Lipinski definition) is 3. The Bertz CT molecular complexity index is 401. The Kier molecular flexibility index (Phi) is 4.20. The van der Waals surface area contributed by atoms with Gasteiger partial charge in [-0.2, -0.15) is 0 Å². The zero-order valence-corrected chi connectivity index (χ0v) is 12.1. The van der Waals surface area contributed by atoms with Gasteiger partial charge in [-0.3, -0.25) is 0 Å². The van der Waals surface area contributed by atoms with Crippen molar-refractivity contribution < 1.29 is 0 Å². The molecule has 1 aliphatic heterocycles. The molecule has 0 bridgehead atoms. The summed E-state index contributed by atoms with van der Waals surface area (Å²) < 4.78 is 0. The Morgan fingerprint density at radius 1 is 1.39 bits per heavy atom. The number of aromatic nitrogens is 2. The monoisotopic (exact) mass is 247 g/mol. The van der Waals surface area contributed by atoms with E-state index in [-0.39, 0.29) is 0 Å². The van der Waals surface area contributed by atoms with E-state index in [9.17, 15) is 0 Å². The van der Waals surface area contributed by atoms with Crippen molar-refractivity contribution in [3.8, 4) is 0 Å². The maximum absolute atomic E-state index is 4.59. The second kappa shape index (κ2) is 5.68. The summed E-state index contributed by atoms with van der Waals surface area (Å²) in [6.45, 7) is 11.1. The fraction of sp³-hybridized carbons (Fsp3) is 0.733. The van der Waals surface area contributed by atoms with Crippen molar-refractivity contribution in [3.63, 3.8) is 0 Å². The molecular weight excluding hydrogens is 222 g/mol. The summed E-state index contributed by atoms with van der Waals surface area (Å²) in [5, 5.41) is 0. The highest BCUT2D eigenvalue weighted by Crippen LogP contribution is 2.27. The average Bonchev–Trinajstić information content (AvgIpc) is 2.75. The molecule has 0 aromatic carbocycles. The Morgan fingerprint density at radius 3 is 2.83 bits per heavy atom. The second-order valence-electron chi connectivity index (χ2n) is 5.85. The van der Waals surface area contributed by atoms with Crippen molar-refractivity contribution in [2.75, 3.05) is 18.0 Å². The molecule has 3 nitrogen and oxygen atoms in total. The number of anilines is 1. The number of aryl methyl sites for hydroxylation is 2. The van der Waals surface area contributed by atoms with E-state index in [1.165, 1.54) is 12.8 Å². The number of hydrogen-bond donors (Lipinski definition) is 0. The van der Waals surface area contributed by atoms with E-state index in [2.05, 4.69) is 41.7 Å². The molecule has 3 heteroatoms. The second-order valence-corrected chi connectivity index (χ2v) is 5.85. The van der Waals surface area contributed by atoms with Crippen molar-refractivity contribution in [3.05, 3.63) is 17.6 Å². The lowest BCUT2D eigenvalue weighted by molar-refractivity contribution is 0.441. The van der Waals surface area contributed by atoms with Gasteiger partial charge in [-0.25, -0.2) is 9.97 Å². The van der Waals surface area contributed by atoms with E-state index >= 15 is 0 Å². The van der Waals surface area contributed by atoms with Crippen LogP contribution in [0.2, 0.25) is 0 Å². The Hall–Kier alpha value is -1.12. The number of nitrogens with zero attached hydrogens (tertiary/aromatic N) is 3. The highest BCUT2D eigenvalue weighted by Gasteiger charge is 2.24. The van der Waals surface area contributed by atoms with E-state index in [0.29, 0.717) is 0 Å². The highest BCUT2D eigenvalue weighted by atomic mass is 15.2. The van der Waals surface area contributed by atoms with Crippen LogP contribution >= 0.6 is 0 Å². The van der Waals surface area contributed by atoms with Gasteiger partial charge in [-0.1, -0.05) is 20.8 Å². The first-order chi connectivity index (χ1) is 8.58. The van der Waals surface area contributed by atoms with Crippen LogP contribution in [0.1, 0.15) is 45.1 Å². The molecule has 0 saturated carbocycles. The van der Waals surface area contributed by atoms with Crippen molar-refractivity contribution in [2.45, 2.75) is 47.0 Å². The van der Waals surface area contributed by atoms with Gasteiger partial charge in [0.2, 0.25) is 0 Å². The summed E-state index contributed by atoms with van der Waals surface area (Å²) >= 11 is 0. The topological polar surface area (TPSA) is 29.0 Å². The minimum Gasteiger partial charge on any atom is -0.356 e. The average molecular weight is 247 g/mol. The third-order valence-corrected chi connectivity index (χ3v) is 3.65. The molecule has 1 fully saturated rings. The van der Waals surface area contributed by atoms with Crippen molar-refractivity contribution in [1.29, 1.82) is 0 Å². The fourth-order valence-corrected chi connectivity index (χ4v) is 2.86. The summed E-state index contributed by atoms with van der Waals surface area (Å²) in [5.74, 6) is 3.67. The zero-order valence-electron chi connectivity index (χ0n) is 12.1. The van der Waals surface area contributed by atoms with Crippen LogP contribution in [0.25, 0.3) is 0 Å². The summed E-state index contributed by atoms with van der Waals surface area (Å²) in [6, 6.07) is 2.16. The Morgan fingerprint density at radius 2 is 2.17 bits per heavy atom. The van der Waals surface area contributed by atoms with Gasteiger partial charge in [-0.05, 0) is 38.0 Å². The van der Waals surface area contributed by atoms with E-state index < -0.39 is 0 Å². The first-order valence-electron chi connectivity index (χ1n) is 7.18. The van der Waals surface area contributed by atoms with E-state index in [1.807, 2.05) is 6.92 Å². The van der Waals surface area contributed by atoms with Gasteiger partial charge >= 0.3 is 0 Å². The molecular formula is C15H25N3. The smallest absolute Gasteiger partial charge is 0.132 e. The van der Waals surface area contributed by atoms with Gasteiger partial charge in [0.15, 0.2) is 0 Å². The first-order valence-corrected chi connectivity index (χ1v) is 7.18. The molecule has 1 aromatic heterocycles. The molecule has 1 aromatic rings. The lowest BCUT2D eigenvalue weighted by Crippen LogP contribution is -2.22. The first kappa shape index (κ1) is 13.3. The molecule has 2 heterocycles. The van der Waals surface area contributed by atoms with Gasteiger partial charge in [0, 0.05) is 24.8 Å². The SMILES string of the molecule is CCc1cc(N2CCC(CC(C)C)C2)nc(C)n1. The molecule has 0 radical (unpaired) electrons. The summed E-state index contributed by atoms with van der Waals surface area (Å²) in [4.78, 5) is 11.5. The standard InChI is InChI=1S/C15H25N3/c1-5-14-9-15(17-12(4)16-14)18-7-6-13(10-18)8-11(2)3/h9,11,13H,5-8,10H2,1-4H3. The minimum atomic E-state index is 0.799. The molecule has 1 atom stereocenters. The van der Waals surface area contributed by atoms with E-state index in [1.54, 1.807) is 0 Å². The molecule has 1 unspecified atom stereocenters. The predicted octanol–water partition coefficient (Wildman–Crippen LogP) is 3.22. The molecule has 0 spiro atoms. The van der Waals surface area contributed by atoms with Crippen LogP contribution in [0, 0.1) is 18.8 Å². The van der Waals surface area contributed by atoms with Crippen LogP contribution in [0.15, 0.2) is 6.07 Å². The number of rotatable bonds is 4. The van der Waals surface area contributed by atoms with Crippen LogP contribution in [0.5, 0.6) is 0 Å². The van der Waals surface area contributed by atoms with Gasteiger partial charge < -0.3 is 4.90 Å². The lowest BCUT2D eigenvalue weighted by Gasteiger charge is -2.19. The molecule has 0 N–H and O–H groups in total. The summed E-state index contributed by atoms with van der Waals surface area (Å²) in [5.41, 5.74) is 1.16. The largest absolute Gasteiger partial charge is 0.356 e. The van der Waals surface area contributed by atoms with E-state index in [0.717, 1.165) is 48.7 Å². The third-order valence-electron chi connectivity index (χ3n) is 3.65. The van der Waals surface area contributed by atoms with Crippen LogP contribution in [0.3, 0.4) is 0 Å². The summed E-state index contributed by atoms with van der Waals surface area (Å²) in [6.07, 6.45) is 3.63. The normalized spacial score (nSPS) is 19.8. The maximum Gasteiger partial charge on any atom is 0.132 e.